The largest absolute Gasteiger partial charge is 0.356 e. The van der Waals surface area contributed by atoms with Crippen LogP contribution in [0.15, 0.2) is 46.1 Å². The first kappa shape index (κ1) is 16.8. The number of benzene rings is 1. The van der Waals surface area contributed by atoms with Gasteiger partial charge in [0.25, 0.3) is 0 Å². The van der Waals surface area contributed by atoms with Gasteiger partial charge in [0.1, 0.15) is 0 Å². The number of hydrogen-bond donors (Lipinski definition) is 2. The van der Waals surface area contributed by atoms with Crippen molar-refractivity contribution in [1.29, 1.82) is 5.26 Å². The monoisotopic (exact) mass is 379 g/mol. The van der Waals surface area contributed by atoms with E-state index in [1.54, 1.807) is 22.7 Å². The number of guanidine groups is 1. The summed E-state index contributed by atoms with van der Waals surface area (Å²) in [5, 5.41) is 20.5. The zero-order valence-electron chi connectivity index (χ0n) is 14.0. The Morgan fingerprint density at radius 2 is 2.15 bits per heavy atom. The van der Waals surface area contributed by atoms with Crippen LogP contribution in [0.1, 0.15) is 12.0 Å². The first-order valence-electron chi connectivity index (χ1n) is 8.38. The maximum Gasteiger partial charge on any atom is 0.197 e. The van der Waals surface area contributed by atoms with Crippen LogP contribution in [0.5, 0.6) is 0 Å². The first-order valence-corrected chi connectivity index (χ1v) is 10.1. The smallest absolute Gasteiger partial charge is 0.197 e. The van der Waals surface area contributed by atoms with E-state index in [-0.39, 0.29) is 0 Å². The normalized spacial score (nSPS) is 13.6. The van der Waals surface area contributed by atoms with Gasteiger partial charge in [-0.1, -0.05) is 24.3 Å². The second-order valence-electron chi connectivity index (χ2n) is 5.87. The molecule has 0 bridgehead atoms. The van der Waals surface area contributed by atoms with Crippen LogP contribution in [0.3, 0.4) is 0 Å². The van der Waals surface area contributed by atoms with Crippen molar-refractivity contribution in [2.24, 2.45) is 4.99 Å². The molecule has 4 rings (SSSR count). The Bertz CT molecular complexity index is 980. The Kier molecular flexibility index (Phi) is 4.95. The number of nitriles is 1. The van der Waals surface area contributed by atoms with Gasteiger partial charge in [0, 0.05) is 34.3 Å². The summed E-state index contributed by atoms with van der Waals surface area (Å²) >= 11 is 3.25. The molecule has 0 saturated heterocycles. The molecule has 1 aliphatic heterocycles. The first-order chi connectivity index (χ1) is 12.8. The molecule has 0 atom stereocenters. The second-order valence-corrected chi connectivity index (χ2v) is 7.63. The molecule has 0 amide bonds. The quantitative estimate of drug-likeness (QED) is 0.706. The number of thiophene rings is 1. The van der Waals surface area contributed by atoms with E-state index in [2.05, 4.69) is 49.6 Å². The number of thiazole rings is 1. The lowest BCUT2D eigenvalue weighted by Crippen LogP contribution is -2.35. The Labute approximate surface area is 160 Å². The zero-order chi connectivity index (χ0) is 17.8. The number of nitrogens with zero attached hydrogens (tertiary/aromatic N) is 3. The third-order valence-electron chi connectivity index (χ3n) is 4.07. The van der Waals surface area contributed by atoms with Crippen LogP contribution in [-0.4, -0.2) is 24.0 Å². The molecule has 7 heteroatoms. The molecule has 0 aliphatic carbocycles. The molecule has 2 N–H and O–H groups in total. The van der Waals surface area contributed by atoms with Crippen molar-refractivity contribution in [3.05, 3.63) is 46.7 Å². The third kappa shape index (κ3) is 3.62. The van der Waals surface area contributed by atoms with Crippen molar-refractivity contribution in [2.45, 2.75) is 12.8 Å². The fraction of sp³-hybridized carbons (Fsp3) is 0.211. The van der Waals surface area contributed by atoms with Crippen molar-refractivity contribution < 1.29 is 0 Å². The maximum atomic E-state index is 9.03. The van der Waals surface area contributed by atoms with Crippen LogP contribution < -0.4 is 10.6 Å². The molecule has 3 heterocycles. The lowest BCUT2D eigenvalue weighted by molar-refractivity contribution is 0.740. The number of rotatable bonds is 4. The average molecular weight is 380 g/mol. The summed E-state index contributed by atoms with van der Waals surface area (Å²) in [4.78, 5) is 10.3. The highest BCUT2D eigenvalue weighted by atomic mass is 32.1. The Balaban J connectivity index is 1.55. The van der Waals surface area contributed by atoms with E-state index >= 15 is 0 Å². The van der Waals surface area contributed by atoms with E-state index in [1.165, 1.54) is 0 Å². The Morgan fingerprint density at radius 1 is 1.23 bits per heavy atom. The standard InChI is InChI=1S/C19H17N5S2/c20-7-6-13-4-1-2-5-15(13)17-10-14(11-25-17)16-12-26-19(23-16)24-18-21-8-3-9-22-18/h1-2,4-5,10-12H,3,6,8-9H2,(H2,21,22,23,24). The number of hydrogen-bond acceptors (Lipinski definition) is 7. The minimum Gasteiger partial charge on any atom is -0.356 e. The summed E-state index contributed by atoms with van der Waals surface area (Å²) in [5.74, 6) is 0.800. The number of anilines is 1. The Morgan fingerprint density at radius 3 is 3.00 bits per heavy atom. The lowest BCUT2D eigenvalue weighted by atomic mass is 10.0. The SMILES string of the molecule is N#CCc1ccccc1-c1cc(-c2csc(NC3=NCCCN3)n2)cs1. The molecule has 2 aromatic heterocycles. The van der Waals surface area contributed by atoms with Crippen LogP contribution in [0.25, 0.3) is 21.7 Å². The molecule has 0 saturated carbocycles. The van der Waals surface area contributed by atoms with Crippen LogP contribution in [0.2, 0.25) is 0 Å². The van der Waals surface area contributed by atoms with Crippen molar-refractivity contribution in [2.75, 3.05) is 18.4 Å². The predicted octanol–water partition coefficient (Wildman–Crippen LogP) is 4.37. The molecule has 26 heavy (non-hydrogen) atoms. The van der Waals surface area contributed by atoms with E-state index in [4.69, 9.17) is 5.26 Å². The van der Waals surface area contributed by atoms with Gasteiger partial charge in [-0.25, -0.2) is 4.98 Å². The number of aromatic nitrogens is 1. The summed E-state index contributed by atoms with van der Waals surface area (Å²) in [6.07, 6.45) is 1.49. The fourth-order valence-corrected chi connectivity index (χ4v) is 4.48. The van der Waals surface area contributed by atoms with Gasteiger partial charge in [-0.05, 0) is 23.6 Å². The number of nitrogens with one attached hydrogen (secondary N) is 2. The van der Waals surface area contributed by atoms with Crippen LogP contribution >= 0.6 is 22.7 Å². The average Bonchev–Trinajstić information content (AvgIpc) is 3.33. The van der Waals surface area contributed by atoms with Crippen LogP contribution in [0.4, 0.5) is 5.13 Å². The second kappa shape index (κ2) is 7.68. The summed E-state index contributed by atoms with van der Waals surface area (Å²) in [6, 6.07) is 12.5. The highest BCUT2D eigenvalue weighted by molar-refractivity contribution is 7.15. The maximum absolute atomic E-state index is 9.03. The van der Waals surface area contributed by atoms with E-state index < -0.39 is 0 Å². The highest BCUT2D eigenvalue weighted by Crippen LogP contribution is 2.35. The third-order valence-corrected chi connectivity index (χ3v) is 5.80. The van der Waals surface area contributed by atoms with Crippen LogP contribution in [-0.2, 0) is 6.42 Å². The van der Waals surface area contributed by atoms with Gasteiger partial charge in [0.05, 0.1) is 18.2 Å². The number of aliphatic imine (C=N–C) groups is 1. The minimum atomic E-state index is 0.420. The summed E-state index contributed by atoms with van der Waals surface area (Å²) in [6.45, 7) is 1.80. The zero-order valence-corrected chi connectivity index (χ0v) is 15.7. The van der Waals surface area contributed by atoms with Gasteiger partial charge in [-0.2, -0.15) is 5.26 Å². The molecule has 0 unspecified atom stereocenters. The lowest BCUT2D eigenvalue weighted by Gasteiger charge is -2.14. The van der Waals surface area contributed by atoms with E-state index in [0.29, 0.717) is 6.42 Å². The molecule has 0 radical (unpaired) electrons. The topological polar surface area (TPSA) is 73.1 Å². The van der Waals surface area contributed by atoms with Crippen molar-refractivity contribution >= 4 is 33.8 Å². The fourth-order valence-electron chi connectivity index (χ4n) is 2.79. The van der Waals surface area contributed by atoms with Crippen molar-refractivity contribution in [3.8, 4) is 27.8 Å². The van der Waals surface area contributed by atoms with Gasteiger partial charge in [-0.15, -0.1) is 22.7 Å². The van der Waals surface area contributed by atoms with Crippen molar-refractivity contribution in [3.63, 3.8) is 0 Å². The summed E-state index contributed by atoms with van der Waals surface area (Å²) in [5.41, 5.74) is 4.24. The molecule has 130 valence electrons. The van der Waals surface area contributed by atoms with Gasteiger partial charge < -0.3 is 10.6 Å². The minimum absolute atomic E-state index is 0.420. The molecule has 0 spiro atoms. The van der Waals surface area contributed by atoms with E-state index in [0.717, 1.165) is 57.9 Å². The van der Waals surface area contributed by atoms with Crippen molar-refractivity contribution in [1.82, 2.24) is 10.3 Å². The molecule has 3 aromatic rings. The molecule has 1 aliphatic rings. The van der Waals surface area contributed by atoms with Gasteiger partial charge >= 0.3 is 0 Å². The van der Waals surface area contributed by atoms with Crippen LogP contribution in [0, 0.1) is 11.3 Å². The highest BCUT2D eigenvalue weighted by Gasteiger charge is 2.12. The molecule has 1 aromatic carbocycles. The Hall–Kier alpha value is -2.69. The predicted molar refractivity (Wildman–Crippen MR) is 109 cm³/mol. The van der Waals surface area contributed by atoms with Gasteiger partial charge in [-0.3, -0.25) is 4.99 Å². The van der Waals surface area contributed by atoms with E-state index in [1.807, 2.05) is 18.2 Å². The molecular weight excluding hydrogens is 362 g/mol. The van der Waals surface area contributed by atoms with E-state index in [9.17, 15) is 0 Å². The van der Waals surface area contributed by atoms with Gasteiger partial charge in [0.15, 0.2) is 11.1 Å². The molecular formula is C19H17N5S2. The molecule has 0 fully saturated rings. The molecule has 5 nitrogen and oxygen atoms in total. The summed E-state index contributed by atoms with van der Waals surface area (Å²) in [7, 11) is 0. The summed E-state index contributed by atoms with van der Waals surface area (Å²) < 4.78 is 0. The van der Waals surface area contributed by atoms with Gasteiger partial charge in [0.2, 0.25) is 0 Å².